The maximum atomic E-state index is 11.1. The van der Waals surface area contributed by atoms with Crippen molar-refractivity contribution in [3.05, 3.63) is 23.2 Å². The van der Waals surface area contributed by atoms with Crippen molar-refractivity contribution in [2.24, 2.45) is 5.41 Å². The highest BCUT2D eigenvalue weighted by molar-refractivity contribution is 6.29. The molecule has 15 heavy (non-hydrogen) atoms. The molecule has 1 heterocycles. The van der Waals surface area contributed by atoms with E-state index in [1.807, 2.05) is 0 Å². The highest BCUT2D eigenvalue weighted by atomic mass is 35.5. The molecule has 0 aliphatic heterocycles. The average molecular weight is 225 g/mol. The van der Waals surface area contributed by atoms with Gasteiger partial charge in [0.05, 0.1) is 18.1 Å². The van der Waals surface area contributed by atoms with Gasteiger partial charge in [0.1, 0.15) is 11.4 Å². The maximum Gasteiger partial charge on any atom is 0.147 e. The molecule has 0 N–H and O–H groups in total. The fourth-order valence-corrected chi connectivity index (χ4v) is 2.30. The Kier molecular flexibility index (Phi) is 3.00. The molecular weight excluding hydrogens is 212 g/mol. The third-order valence-corrected chi connectivity index (χ3v) is 3.25. The molecule has 0 aromatic carbocycles. The van der Waals surface area contributed by atoms with Crippen molar-refractivity contribution < 1.29 is 4.79 Å². The number of hydrogen-bond acceptors (Lipinski definition) is 3. The Hall–Kier alpha value is -0.960. The van der Waals surface area contributed by atoms with Gasteiger partial charge in [0, 0.05) is 11.8 Å². The van der Waals surface area contributed by atoms with Gasteiger partial charge in [-0.1, -0.05) is 24.4 Å². The molecule has 1 aromatic rings. The predicted octanol–water partition coefficient (Wildman–Crippen LogP) is 2.43. The van der Waals surface area contributed by atoms with Crippen molar-refractivity contribution in [1.82, 2.24) is 9.97 Å². The molecule has 1 saturated carbocycles. The van der Waals surface area contributed by atoms with Gasteiger partial charge in [0.2, 0.25) is 0 Å². The first kappa shape index (κ1) is 10.6. The highest BCUT2D eigenvalue weighted by Gasteiger charge is 2.34. The second kappa shape index (κ2) is 4.27. The Morgan fingerprint density at radius 2 is 2.07 bits per heavy atom. The van der Waals surface area contributed by atoms with E-state index in [4.69, 9.17) is 11.6 Å². The average Bonchev–Trinajstić information content (AvgIpc) is 2.71. The van der Waals surface area contributed by atoms with Crippen molar-refractivity contribution in [2.45, 2.75) is 32.1 Å². The SMILES string of the molecule is O=CC1(Cc2cnc(Cl)cn2)CCCC1. The predicted molar refractivity (Wildman–Crippen MR) is 57.7 cm³/mol. The van der Waals surface area contributed by atoms with E-state index in [-0.39, 0.29) is 5.41 Å². The molecule has 0 spiro atoms. The van der Waals surface area contributed by atoms with E-state index in [1.54, 1.807) is 6.20 Å². The minimum absolute atomic E-state index is 0.192. The van der Waals surface area contributed by atoms with Gasteiger partial charge in [-0.25, -0.2) is 4.98 Å². The van der Waals surface area contributed by atoms with Crippen LogP contribution >= 0.6 is 11.6 Å². The fourth-order valence-electron chi connectivity index (χ4n) is 2.21. The van der Waals surface area contributed by atoms with Gasteiger partial charge in [-0.3, -0.25) is 4.98 Å². The molecule has 1 fully saturated rings. The number of hydrogen-bond donors (Lipinski definition) is 0. The monoisotopic (exact) mass is 224 g/mol. The molecule has 0 amide bonds. The number of rotatable bonds is 3. The Balaban J connectivity index is 2.12. The molecule has 0 bridgehead atoms. The summed E-state index contributed by atoms with van der Waals surface area (Å²) in [5.41, 5.74) is 0.663. The molecule has 4 heteroatoms. The van der Waals surface area contributed by atoms with E-state index in [1.165, 1.54) is 6.20 Å². The van der Waals surface area contributed by atoms with Crippen molar-refractivity contribution in [1.29, 1.82) is 0 Å². The lowest BCUT2D eigenvalue weighted by Crippen LogP contribution is -2.22. The van der Waals surface area contributed by atoms with E-state index >= 15 is 0 Å². The van der Waals surface area contributed by atoms with Gasteiger partial charge in [-0.15, -0.1) is 0 Å². The number of nitrogens with zero attached hydrogens (tertiary/aromatic N) is 2. The van der Waals surface area contributed by atoms with E-state index in [0.717, 1.165) is 37.7 Å². The van der Waals surface area contributed by atoms with Crippen molar-refractivity contribution in [3.63, 3.8) is 0 Å². The summed E-state index contributed by atoms with van der Waals surface area (Å²) in [5.74, 6) is 0. The lowest BCUT2D eigenvalue weighted by atomic mass is 9.83. The summed E-state index contributed by atoms with van der Waals surface area (Å²) in [7, 11) is 0. The van der Waals surface area contributed by atoms with Gasteiger partial charge in [-0.05, 0) is 12.8 Å². The first-order valence-corrected chi connectivity index (χ1v) is 5.55. The van der Waals surface area contributed by atoms with Gasteiger partial charge >= 0.3 is 0 Å². The van der Waals surface area contributed by atoms with Gasteiger partial charge in [0.15, 0.2) is 0 Å². The lowest BCUT2D eigenvalue weighted by Gasteiger charge is -2.20. The number of carbonyl (C=O) groups excluding carboxylic acids is 1. The normalized spacial score (nSPS) is 19.0. The molecule has 2 rings (SSSR count). The van der Waals surface area contributed by atoms with Crippen molar-refractivity contribution in [3.8, 4) is 0 Å². The molecular formula is C11H13ClN2O. The molecule has 3 nitrogen and oxygen atoms in total. The third-order valence-electron chi connectivity index (χ3n) is 3.06. The summed E-state index contributed by atoms with van der Waals surface area (Å²) in [5, 5.41) is 0.394. The van der Waals surface area contributed by atoms with Crippen LogP contribution < -0.4 is 0 Å². The van der Waals surface area contributed by atoms with Crippen LogP contribution in [0.3, 0.4) is 0 Å². The second-order valence-corrected chi connectivity index (χ2v) is 4.58. The van der Waals surface area contributed by atoms with Gasteiger partial charge in [-0.2, -0.15) is 0 Å². The maximum absolute atomic E-state index is 11.1. The number of halogens is 1. The number of aromatic nitrogens is 2. The van der Waals surface area contributed by atoms with E-state index in [2.05, 4.69) is 9.97 Å². The zero-order valence-corrected chi connectivity index (χ0v) is 9.20. The summed E-state index contributed by atoms with van der Waals surface area (Å²) in [6.07, 6.45) is 9.20. The minimum atomic E-state index is -0.192. The summed E-state index contributed by atoms with van der Waals surface area (Å²) in [6, 6.07) is 0. The van der Waals surface area contributed by atoms with Crippen LogP contribution in [0.25, 0.3) is 0 Å². The molecule has 0 atom stereocenters. The smallest absolute Gasteiger partial charge is 0.147 e. The van der Waals surface area contributed by atoms with Crippen LogP contribution in [0.2, 0.25) is 5.15 Å². The van der Waals surface area contributed by atoms with Crippen LogP contribution in [-0.4, -0.2) is 16.3 Å². The zero-order valence-electron chi connectivity index (χ0n) is 8.45. The van der Waals surface area contributed by atoms with Gasteiger partial charge < -0.3 is 4.79 Å². The summed E-state index contributed by atoms with van der Waals surface area (Å²) in [6.45, 7) is 0. The molecule has 0 saturated heterocycles. The standard InChI is InChI=1S/C11H13ClN2O/c12-10-7-13-9(6-14-10)5-11(8-15)3-1-2-4-11/h6-8H,1-5H2. The van der Waals surface area contributed by atoms with E-state index in [9.17, 15) is 4.79 Å². The largest absolute Gasteiger partial charge is 0.303 e. The summed E-state index contributed by atoms with van der Waals surface area (Å²) in [4.78, 5) is 19.3. The molecule has 1 aliphatic carbocycles. The number of aldehydes is 1. The van der Waals surface area contributed by atoms with Crippen LogP contribution in [-0.2, 0) is 11.2 Å². The molecule has 1 aromatic heterocycles. The van der Waals surface area contributed by atoms with Crippen LogP contribution in [0.1, 0.15) is 31.4 Å². The number of carbonyl (C=O) groups is 1. The summed E-state index contributed by atoms with van der Waals surface area (Å²) >= 11 is 5.65. The first-order chi connectivity index (χ1) is 7.24. The molecule has 80 valence electrons. The van der Waals surface area contributed by atoms with Gasteiger partial charge in [0.25, 0.3) is 0 Å². The quantitative estimate of drug-likeness (QED) is 0.741. The van der Waals surface area contributed by atoms with Crippen LogP contribution in [0.5, 0.6) is 0 Å². The summed E-state index contributed by atoms with van der Waals surface area (Å²) < 4.78 is 0. The molecule has 0 unspecified atom stereocenters. The highest BCUT2D eigenvalue weighted by Crippen LogP contribution is 2.38. The van der Waals surface area contributed by atoms with E-state index < -0.39 is 0 Å². The Labute approximate surface area is 93.9 Å². The van der Waals surface area contributed by atoms with Crippen LogP contribution in [0.15, 0.2) is 12.4 Å². The minimum Gasteiger partial charge on any atom is -0.303 e. The second-order valence-electron chi connectivity index (χ2n) is 4.19. The fraction of sp³-hybridized carbons (Fsp3) is 0.545. The van der Waals surface area contributed by atoms with E-state index in [0.29, 0.717) is 11.6 Å². The Bertz CT molecular complexity index is 344. The lowest BCUT2D eigenvalue weighted by molar-refractivity contribution is -0.116. The Morgan fingerprint density at radius 3 is 2.60 bits per heavy atom. The van der Waals surface area contributed by atoms with Crippen LogP contribution in [0, 0.1) is 5.41 Å². The van der Waals surface area contributed by atoms with Crippen molar-refractivity contribution >= 4 is 17.9 Å². The Morgan fingerprint density at radius 1 is 1.33 bits per heavy atom. The zero-order chi connectivity index (χ0) is 10.7. The van der Waals surface area contributed by atoms with Crippen molar-refractivity contribution in [2.75, 3.05) is 0 Å². The van der Waals surface area contributed by atoms with Crippen LogP contribution in [0.4, 0.5) is 0 Å². The molecule has 0 radical (unpaired) electrons. The third kappa shape index (κ3) is 2.34. The molecule has 1 aliphatic rings. The first-order valence-electron chi connectivity index (χ1n) is 5.17. The topological polar surface area (TPSA) is 42.9 Å².